The molecule has 1 aromatic rings. The van der Waals surface area contributed by atoms with Gasteiger partial charge in [-0.1, -0.05) is 18.6 Å². The van der Waals surface area contributed by atoms with Crippen LogP contribution >= 0.6 is 27.7 Å². The van der Waals surface area contributed by atoms with E-state index in [0.717, 1.165) is 28.0 Å². The van der Waals surface area contributed by atoms with E-state index in [4.69, 9.17) is 5.11 Å². The second-order valence-electron chi connectivity index (χ2n) is 4.58. The zero-order chi connectivity index (χ0) is 15.5. The number of halogens is 1. The molecule has 0 fully saturated rings. The Hall–Kier alpha value is -1.01. The number of rotatable bonds is 10. The van der Waals surface area contributed by atoms with E-state index < -0.39 is 5.97 Å². The summed E-state index contributed by atoms with van der Waals surface area (Å²) >= 11 is 5.13. The van der Waals surface area contributed by atoms with Crippen LogP contribution in [0, 0.1) is 0 Å². The maximum atomic E-state index is 11.6. The minimum atomic E-state index is -0.761. The predicted molar refractivity (Wildman–Crippen MR) is 88.6 cm³/mol. The van der Waals surface area contributed by atoms with E-state index in [-0.39, 0.29) is 12.3 Å². The van der Waals surface area contributed by atoms with Gasteiger partial charge >= 0.3 is 5.97 Å². The summed E-state index contributed by atoms with van der Waals surface area (Å²) in [4.78, 5) is 23.1. The monoisotopic (exact) mass is 373 g/mol. The highest BCUT2D eigenvalue weighted by molar-refractivity contribution is 9.10. The number of benzene rings is 1. The Bertz CT molecular complexity index is 468. The Labute approximate surface area is 137 Å². The van der Waals surface area contributed by atoms with Gasteiger partial charge in [0, 0.05) is 34.5 Å². The summed E-state index contributed by atoms with van der Waals surface area (Å²) in [5, 5.41) is 11.4. The maximum absolute atomic E-state index is 11.6. The summed E-state index contributed by atoms with van der Waals surface area (Å²) in [6, 6.07) is 7.95. The molecule has 0 heterocycles. The number of carbonyl (C=O) groups is 2. The number of carboxylic acids is 1. The van der Waals surface area contributed by atoms with E-state index in [1.54, 1.807) is 11.8 Å². The third kappa shape index (κ3) is 8.78. The Kier molecular flexibility index (Phi) is 9.17. The molecule has 0 bridgehead atoms. The van der Waals surface area contributed by atoms with Crippen LogP contribution in [-0.2, 0) is 9.59 Å². The summed E-state index contributed by atoms with van der Waals surface area (Å²) in [5.41, 5.74) is 0. The Balaban J connectivity index is 2.04. The molecule has 1 rings (SSSR count). The second kappa shape index (κ2) is 10.7. The molecule has 1 amide bonds. The van der Waals surface area contributed by atoms with Crippen molar-refractivity contribution in [2.24, 2.45) is 0 Å². The first kappa shape index (κ1) is 18.0. The number of carboxylic acid groups (broad SMARTS) is 1. The van der Waals surface area contributed by atoms with Crippen LogP contribution in [0.3, 0.4) is 0 Å². The highest BCUT2D eigenvalue weighted by Gasteiger charge is 2.03. The van der Waals surface area contributed by atoms with Crippen molar-refractivity contribution >= 4 is 39.6 Å². The quantitative estimate of drug-likeness (QED) is 0.484. The number of hydrogen-bond donors (Lipinski definition) is 2. The number of aliphatic carboxylic acids is 1. The Morgan fingerprint density at radius 1 is 1.14 bits per heavy atom. The molecule has 0 saturated heterocycles. The van der Waals surface area contributed by atoms with Gasteiger partial charge in [0.05, 0.1) is 0 Å². The number of unbranched alkanes of at least 4 members (excludes halogenated alkanes) is 2. The lowest BCUT2D eigenvalue weighted by molar-refractivity contribution is -0.137. The molecular weight excluding hydrogens is 354 g/mol. The van der Waals surface area contributed by atoms with Crippen LogP contribution in [-0.4, -0.2) is 29.3 Å². The van der Waals surface area contributed by atoms with Crippen molar-refractivity contribution in [3.05, 3.63) is 28.7 Å². The van der Waals surface area contributed by atoms with Gasteiger partial charge < -0.3 is 10.4 Å². The standard InChI is InChI=1S/C15H20BrNO3S/c16-12-6-3-4-7-13(12)21-11-9-14(18)17-10-5-1-2-8-15(19)20/h3-4,6-7H,1-2,5,8-11H2,(H,17,18)(H,19,20). The molecule has 0 saturated carbocycles. The molecule has 0 aliphatic rings. The molecule has 6 heteroatoms. The molecule has 2 N–H and O–H groups in total. The lowest BCUT2D eigenvalue weighted by Gasteiger charge is -2.06. The molecule has 0 aliphatic carbocycles. The predicted octanol–water partition coefficient (Wildman–Crippen LogP) is 3.69. The van der Waals surface area contributed by atoms with Crippen LogP contribution in [0.2, 0.25) is 0 Å². The van der Waals surface area contributed by atoms with Gasteiger partial charge in [0.25, 0.3) is 0 Å². The average molecular weight is 374 g/mol. The first-order valence-corrected chi connectivity index (χ1v) is 8.73. The van der Waals surface area contributed by atoms with Gasteiger partial charge in [-0.2, -0.15) is 0 Å². The largest absolute Gasteiger partial charge is 0.481 e. The summed E-state index contributed by atoms with van der Waals surface area (Å²) in [7, 11) is 0. The molecule has 0 aromatic heterocycles. The highest BCUT2D eigenvalue weighted by atomic mass is 79.9. The van der Waals surface area contributed by atoms with Crippen LogP contribution in [0.25, 0.3) is 0 Å². The van der Waals surface area contributed by atoms with Gasteiger partial charge in [-0.05, 0) is 40.9 Å². The summed E-state index contributed by atoms with van der Waals surface area (Å²) < 4.78 is 1.05. The first-order chi connectivity index (χ1) is 10.1. The Morgan fingerprint density at radius 2 is 1.90 bits per heavy atom. The van der Waals surface area contributed by atoms with Crippen LogP contribution in [0.15, 0.2) is 33.6 Å². The number of hydrogen-bond acceptors (Lipinski definition) is 3. The van der Waals surface area contributed by atoms with Crippen molar-refractivity contribution in [1.29, 1.82) is 0 Å². The number of amides is 1. The average Bonchev–Trinajstić information content (AvgIpc) is 2.44. The fourth-order valence-corrected chi connectivity index (χ4v) is 3.23. The lowest BCUT2D eigenvalue weighted by atomic mass is 10.2. The van der Waals surface area contributed by atoms with E-state index in [1.807, 2.05) is 24.3 Å². The molecule has 21 heavy (non-hydrogen) atoms. The van der Waals surface area contributed by atoms with Crippen molar-refractivity contribution in [2.45, 2.75) is 37.0 Å². The zero-order valence-electron chi connectivity index (χ0n) is 11.8. The number of carbonyl (C=O) groups excluding carboxylic acids is 1. The second-order valence-corrected chi connectivity index (χ2v) is 6.57. The van der Waals surface area contributed by atoms with Crippen molar-refractivity contribution in [3.63, 3.8) is 0 Å². The smallest absolute Gasteiger partial charge is 0.303 e. The van der Waals surface area contributed by atoms with Crippen LogP contribution < -0.4 is 5.32 Å². The van der Waals surface area contributed by atoms with E-state index in [2.05, 4.69) is 21.2 Å². The fraction of sp³-hybridized carbons (Fsp3) is 0.467. The molecule has 0 spiro atoms. The Morgan fingerprint density at radius 3 is 2.62 bits per heavy atom. The first-order valence-electron chi connectivity index (χ1n) is 6.95. The van der Waals surface area contributed by atoms with Crippen LogP contribution in [0.1, 0.15) is 32.1 Å². The molecular formula is C15H20BrNO3S. The lowest BCUT2D eigenvalue weighted by Crippen LogP contribution is -2.24. The van der Waals surface area contributed by atoms with Gasteiger partial charge in [0.1, 0.15) is 0 Å². The molecule has 0 radical (unpaired) electrons. The van der Waals surface area contributed by atoms with Gasteiger partial charge in [0.2, 0.25) is 5.91 Å². The molecule has 0 atom stereocenters. The topological polar surface area (TPSA) is 66.4 Å². The number of thioether (sulfide) groups is 1. The minimum absolute atomic E-state index is 0.0489. The van der Waals surface area contributed by atoms with Gasteiger partial charge in [-0.25, -0.2) is 0 Å². The normalized spacial score (nSPS) is 10.3. The van der Waals surface area contributed by atoms with E-state index >= 15 is 0 Å². The van der Waals surface area contributed by atoms with Crippen LogP contribution in [0.5, 0.6) is 0 Å². The zero-order valence-corrected chi connectivity index (χ0v) is 14.2. The van der Waals surface area contributed by atoms with Crippen molar-refractivity contribution in [2.75, 3.05) is 12.3 Å². The van der Waals surface area contributed by atoms with Gasteiger partial charge in [-0.3, -0.25) is 9.59 Å². The van der Waals surface area contributed by atoms with E-state index in [9.17, 15) is 9.59 Å². The molecule has 0 unspecified atom stereocenters. The molecule has 4 nitrogen and oxygen atoms in total. The van der Waals surface area contributed by atoms with Gasteiger partial charge in [-0.15, -0.1) is 11.8 Å². The van der Waals surface area contributed by atoms with E-state index in [1.165, 1.54) is 0 Å². The van der Waals surface area contributed by atoms with E-state index in [0.29, 0.717) is 19.4 Å². The summed E-state index contributed by atoms with van der Waals surface area (Å²) in [5.74, 6) is 0.0314. The molecule has 0 aliphatic heterocycles. The van der Waals surface area contributed by atoms with Crippen LogP contribution in [0.4, 0.5) is 0 Å². The van der Waals surface area contributed by atoms with Crippen molar-refractivity contribution < 1.29 is 14.7 Å². The SMILES string of the molecule is O=C(O)CCCCCNC(=O)CCSc1ccccc1Br. The van der Waals surface area contributed by atoms with Gasteiger partial charge in [0.15, 0.2) is 0 Å². The molecule has 116 valence electrons. The molecule has 1 aromatic carbocycles. The highest BCUT2D eigenvalue weighted by Crippen LogP contribution is 2.27. The third-order valence-corrected chi connectivity index (χ3v) is 4.84. The summed E-state index contributed by atoms with van der Waals surface area (Å²) in [6.45, 7) is 0.623. The minimum Gasteiger partial charge on any atom is -0.481 e. The third-order valence-electron chi connectivity index (χ3n) is 2.81. The maximum Gasteiger partial charge on any atom is 0.303 e. The van der Waals surface area contributed by atoms with Crippen molar-refractivity contribution in [3.8, 4) is 0 Å². The fourth-order valence-electron chi connectivity index (χ4n) is 1.71. The number of nitrogens with one attached hydrogen (secondary N) is 1. The van der Waals surface area contributed by atoms with Crippen molar-refractivity contribution in [1.82, 2.24) is 5.32 Å². The summed E-state index contributed by atoms with van der Waals surface area (Å²) in [6.07, 6.45) is 3.02.